The maximum Gasteiger partial charge on any atom is 0.397 e. The van der Waals surface area contributed by atoms with Gasteiger partial charge in [0.2, 0.25) is 0 Å². The van der Waals surface area contributed by atoms with E-state index in [9.17, 15) is 23.4 Å². The number of aliphatic hydroxyl groups excluding tert-OH is 2. The van der Waals surface area contributed by atoms with Crippen LogP contribution in [0.5, 0.6) is 0 Å². The molecule has 94 valence electrons. The van der Waals surface area contributed by atoms with E-state index in [2.05, 4.69) is 8.92 Å². The zero-order valence-electron chi connectivity index (χ0n) is 7.75. The fourth-order valence-electron chi connectivity index (χ4n) is 1.25. The summed E-state index contributed by atoms with van der Waals surface area (Å²) in [5.41, 5.74) is 0. The number of rotatable bonds is 3. The first-order valence-corrected chi connectivity index (χ1v) is 5.45. The highest BCUT2D eigenvalue weighted by molar-refractivity contribution is 7.80. The highest BCUT2D eigenvalue weighted by atomic mass is 32.3. The molecule has 0 aromatic carbocycles. The van der Waals surface area contributed by atoms with E-state index in [0.717, 1.165) is 0 Å². The number of carboxylic acid groups (broad SMARTS) is 1. The van der Waals surface area contributed by atoms with Crippen molar-refractivity contribution in [3.8, 4) is 0 Å². The van der Waals surface area contributed by atoms with Crippen LogP contribution < -0.4 is 0 Å². The molecule has 0 radical (unpaired) electrons. The van der Waals surface area contributed by atoms with E-state index in [-0.39, 0.29) is 0 Å². The second-order valence-electron chi connectivity index (χ2n) is 3.14. The van der Waals surface area contributed by atoms with Crippen LogP contribution in [0.1, 0.15) is 0 Å². The lowest BCUT2D eigenvalue weighted by Gasteiger charge is -2.34. The Balaban J connectivity index is 2.72. The molecule has 0 spiro atoms. The maximum atomic E-state index is 10.5. The molecule has 1 saturated heterocycles. The molecule has 1 aliphatic rings. The number of carbonyl (C=O) groups is 1. The Bertz CT molecular complexity index is 362. The largest absolute Gasteiger partial charge is 0.479 e. The third-order valence-electron chi connectivity index (χ3n) is 1.97. The van der Waals surface area contributed by atoms with Crippen molar-refractivity contribution in [3.05, 3.63) is 0 Å². The van der Waals surface area contributed by atoms with Gasteiger partial charge in [-0.05, 0) is 0 Å². The number of hydrogen-bond acceptors (Lipinski definition) is 7. The number of hydrogen-bond donors (Lipinski definition) is 4. The lowest BCUT2D eigenvalue weighted by Crippen LogP contribution is -2.56. The lowest BCUT2D eigenvalue weighted by atomic mass is 10.0. The normalized spacial score (nSPS) is 35.9. The van der Waals surface area contributed by atoms with Crippen LogP contribution in [0.2, 0.25) is 0 Å². The number of aliphatic carboxylic acids is 1. The third-order valence-corrected chi connectivity index (χ3v) is 2.46. The Kier molecular flexibility index (Phi) is 3.83. The van der Waals surface area contributed by atoms with Gasteiger partial charge in [-0.3, -0.25) is 4.55 Å². The molecule has 1 heterocycles. The average molecular weight is 258 g/mol. The molecule has 0 saturated carbocycles. The summed E-state index contributed by atoms with van der Waals surface area (Å²) in [4.78, 5) is 10.5. The van der Waals surface area contributed by atoms with Crippen LogP contribution in [0.4, 0.5) is 0 Å². The van der Waals surface area contributed by atoms with E-state index in [1.54, 1.807) is 0 Å². The van der Waals surface area contributed by atoms with E-state index in [1.165, 1.54) is 0 Å². The summed E-state index contributed by atoms with van der Waals surface area (Å²) in [6, 6.07) is 0. The first-order valence-electron chi connectivity index (χ1n) is 4.08. The molecule has 10 heteroatoms. The SMILES string of the molecule is O=C(O)[C@@H]1OC[C@H](OS(=O)(=O)O)[C@@H](O)[C@@H]1O. The second kappa shape index (κ2) is 4.61. The van der Waals surface area contributed by atoms with Gasteiger partial charge >= 0.3 is 16.4 Å². The van der Waals surface area contributed by atoms with Crippen LogP contribution >= 0.6 is 0 Å². The van der Waals surface area contributed by atoms with Gasteiger partial charge in [0.05, 0.1) is 6.61 Å². The van der Waals surface area contributed by atoms with Crippen molar-refractivity contribution in [3.63, 3.8) is 0 Å². The van der Waals surface area contributed by atoms with Crippen LogP contribution in [-0.2, 0) is 24.1 Å². The molecule has 0 aromatic heterocycles. The zero-order chi connectivity index (χ0) is 12.5. The molecule has 1 aliphatic heterocycles. The molecule has 9 nitrogen and oxygen atoms in total. The Morgan fingerprint density at radius 3 is 2.31 bits per heavy atom. The highest BCUT2D eigenvalue weighted by Gasteiger charge is 2.44. The molecular formula is C6H10O9S. The third kappa shape index (κ3) is 3.10. The minimum Gasteiger partial charge on any atom is -0.479 e. The van der Waals surface area contributed by atoms with E-state index >= 15 is 0 Å². The topological polar surface area (TPSA) is 151 Å². The predicted molar refractivity (Wildman–Crippen MR) is 45.8 cm³/mol. The summed E-state index contributed by atoms with van der Waals surface area (Å²) in [5.74, 6) is -1.50. The minimum absolute atomic E-state index is 0.588. The predicted octanol–water partition coefficient (Wildman–Crippen LogP) is -2.62. The Morgan fingerprint density at radius 2 is 1.88 bits per heavy atom. The first kappa shape index (κ1) is 13.3. The number of ether oxygens (including phenoxy) is 1. The summed E-state index contributed by atoms with van der Waals surface area (Å²) in [5, 5.41) is 27.1. The monoisotopic (exact) mass is 258 g/mol. The van der Waals surface area contributed by atoms with Crippen molar-refractivity contribution < 1.29 is 42.0 Å². The minimum atomic E-state index is -4.82. The van der Waals surface area contributed by atoms with Gasteiger partial charge in [-0.15, -0.1) is 0 Å². The molecule has 4 N–H and O–H groups in total. The van der Waals surface area contributed by atoms with Gasteiger partial charge in [0.1, 0.15) is 18.3 Å². The molecule has 0 aliphatic carbocycles. The van der Waals surface area contributed by atoms with Crippen LogP contribution in [0.15, 0.2) is 0 Å². The fourth-order valence-corrected chi connectivity index (χ4v) is 1.73. The van der Waals surface area contributed by atoms with Gasteiger partial charge in [-0.25, -0.2) is 8.98 Å². The number of aliphatic hydroxyl groups is 2. The van der Waals surface area contributed by atoms with Crippen LogP contribution in [0.3, 0.4) is 0 Å². The van der Waals surface area contributed by atoms with Crippen LogP contribution in [0, 0.1) is 0 Å². The molecule has 0 amide bonds. The quantitative estimate of drug-likeness (QED) is 0.399. The van der Waals surface area contributed by atoms with E-state index < -0.39 is 47.4 Å². The van der Waals surface area contributed by atoms with E-state index in [1.807, 2.05) is 0 Å². The Morgan fingerprint density at radius 1 is 1.31 bits per heavy atom. The van der Waals surface area contributed by atoms with Gasteiger partial charge < -0.3 is 20.1 Å². The van der Waals surface area contributed by atoms with Gasteiger partial charge in [-0.2, -0.15) is 8.42 Å². The molecule has 4 atom stereocenters. The average Bonchev–Trinajstić information content (AvgIpc) is 2.10. The van der Waals surface area contributed by atoms with Crippen molar-refractivity contribution in [1.29, 1.82) is 0 Å². The van der Waals surface area contributed by atoms with Gasteiger partial charge in [0.15, 0.2) is 6.10 Å². The van der Waals surface area contributed by atoms with Gasteiger partial charge in [-0.1, -0.05) is 0 Å². The Labute approximate surface area is 90.2 Å². The smallest absolute Gasteiger partial charge is 0.397 e. The molecular weight excluding hydrogens is 248 g/mol. The summed E-state index contributed by atoms with van der Waals surface area (Å²) < 4.78 is 37.6. The maximum absolute atomic E-state index is 10.5. The molecule has 0 unspecified atom stereocenters. The Hall–Kier alpha value is -0.780. The highest BCUT2D eigenvalue weighted by Crippen LogP contribution is 2.19. The van der Waals surface area contributed by atoms with E-state index in [4.69, 9.17) is 9.66 Å². The van der Waals surface area contributed by atoms with Crippen LogP contribution in [-0.4, -0.2) is 65.3 Å². The van der Waals surface area contributed by atoms with Crippen molar-refractivity contribution in [1.82, 2.24) is 0 Å². The standard InChI is InChI=1S/C6H10O9S/c7-3-2(15-16(11,12)13)1-14-5(4(3)8)6(9)10/h2-5,7-8H,1H2,(H,9,10)(H,11,12,13)/t2-,3+,4-,5+/m0/s1. The molecule has 1 rings (SSSR count). The summed E-state index contributed by atoms with van der Waals surface area (Å²) in [6.07, 6.45) is -6.87. The molecule has 16 heavy (non-hydrogen) atoms. The van der Waals surface area contributed by atoms with Crippen molar-refractivity contribution >= 4 is 16.4 Å². The van der Waals surface area contributed by atoms with Crippen molar-refractivity contribution in [2.75, 3.05) is 6.61 Å². The van der Waals surface area contributed by atoms with Gasteiger partial charge in [0.25, 0.3) is 0 Å². The lowest BCUT2D eigenvalue weighted by molar-refractivity contribution is -0.197. The zero-order valence-corrected chi connectivity index (χ0v) is 8.57. The summed E-state index contributed by atoms with van der Waals surface area (Å²) in [7, 11) is -4.82. The molecule has 0 aromatic rings. The van der Waals surface area contributed by atoms with Crippen molar-refractivity contribution in [2.45, 2.75) is 24.4 Å². The summed E-state index contributed by atoms with van der Waals surface area (Å²) >= 11 is 0. The van der Waals surface area contributed by atoms with E-state index in [0.29, 0.717) is 0 Å². The number of carboxylic acids is 1. The first-order chi connectivity index (χ1) is 7.22. The summed E-state index contributed by atoms with van der Waals surface area (Å²) in [6.45, 7) is -0.588. The van der Waals surface area contributed by atoms with Crippen molar-refractivity contribution in [2.24, 2.45) is 0 Å². The molecule has 0 bridgehead atoms. The fraction of sp³-hybridized carbons (Fsp3) is 0.833. The second-order valence-corrected chi connectivity index (χ2v) is 4.18. The van der Waals surface area contributed by atoms with Crippen LogP contribution in [0.25, 0.3) is 0 Å². The molecule has 1 fully saturated rings. The van der Waals surface area contributed by atoms with Gasteiger partial charge in [0, 0.05) is 0 Å².